The maximum atomic E-state index is 6.05. The summed E-state index contributed by atoms with van der Waals surface area (Å²) >= 11 is 6.05. The van der Waals surface area contributed by atoms with Gasteiger partial charge in [0, 0.05) is 17.7 Å². The van der Waals surface area contributed by atoms with E-state index in [1.807, 2.05) is 18.4 Å². The highest BCUT2D eigenvalue weighted by atomic mass is 35.5. The van der Waals surface area contributed by atoms with Crippen LogP contribution in [0.3, 0.4) is 0 Å². The van der Waals surface area contributed by atoms with Crippen molar-refractivity contribution in [3.63, 3.8) is 0 Å². The molecular formula is C12H13ClN4. The Morgan fingerprint density at radius 1 is 1.29 bits per heavy atom. The lowest BCUT2D eigenvalue weighted by atomic mass is 10.3. The third-order valence-corrected chi connectivity index (χ3v) is 3.33. The molecule has 0 bridgehead atoms. The van der Waals surface area contributed by atoms with Gasteiger partial charge in [0.2, 0.25) is 0 Å². The van der Waals surface area contributed by atoms with E-state index >= 15 is 0 Å². The quantitative estimate of drug-likeness (QED) is 0.768. The summed E-state index contributed by atoms with van der Waals surface area (Å²) in [6.07, 6.45) is 4.11. The standard InChI is InChI=1S/C12H13ClN4/c1-7-8(2)17(6-14-7)11-5-10(13)15-12(16-11)9-3-4-9/h5-6,9H,3-4H2,1-2H3. The van der Waals surface area contributed by atoms with Gasteiger partial charge in [0.05, 0.1) is 5.69 Å². The lowest BCUT2D eigenvalue weighted by Gasteiger charge is -2.07. The normalized spacial score (nSPS) is 15.2. The monoisotopic (exact) mass is 248 g/mol. The van der Waals surface area contributed by atoms with Crippen LogP contribution in [0.1, 0.15) is 36.0 Å². The lowest BCUT2D eigenvalue weighted by molar-refractivity contribution is 0.865. The number of aromatic nitrogens is 4. The van der Waals surface area contributed by atoms with Gasteiger partial charge in [-0.3, -0.25) is 4.57 Å². The molecule has 0 saturated heterocycles. The van der Waals surface area contributed by atoms with E-state index < -0.39 is 0 Å². The lowest BCUT2D eigenvalue weighted by Crippen LogP contribution is -2.03. The van der Waals surface area contributed by atoms with Crippen molar-refractivity contribution < 1.29 is 0 Å². The van der Waals surface area contributed by atoms with E-state index in [0.717, 1.165) is 23.0 Å². The van der Waals surface area contributed by atoms with Crippen molar-refractivity contribution in [1.82, 2.24) is 19.5 Å². The zero-order chi connectivity index (χ0) is 12.0. The van der Waals surface area contributed by atoms with Gasteiger partial charge in [-0.1, -0.05) is 11.6 Å². The molecule has 5 heteroatoms. The molecule has 1 aliphatic carbocycles. The van der Waals surface area contributed by atoms with Crippen LogP contribution in [0.2, 0.25) is 5.15 Å². The Morgan fingerprint density at radius 2 is 2.06 bits per heavy atom. The van der Waals surface area contributed by atoms with Crippen molar-refractivity contribution in [3.8, 4) is 5.82 Å². The number of halogens is 1. The van der Waals surface area contributed by atoms with Gasteiger partial charge < -0.3 is 0 Å². The van der Waals surface area contributed by atoms with Crippen molar-refractivity contribution in [2.24, 2.45) is 0 Å². The molecule has 88 valence electrons. The van der Waals surface area contributed by atoms with Crippen LogP contribution in [0.15, 0.2) is 12.4 Å². The molecule has 2 heterocycles. The van der Waals surface area contributed by atoms with Gasteiger partial charge in [0.1, 0.15) is 23.1 Å². The molecule has 0 spiro atoms. The van der Waals surface area contributed by atoms with Crippen molar-refractivity contribution in [1.29, 1.82) is 0 Å². The first-order valence-electron chi connectivity index (χ1n) is 5.70. The van der Waals surface area contributed by atoms with E-state index in [-0.39, 0.29) is 0 Å². The molecule has 3 rings (SSSR count). The second-order valence-electron chi connectivity index (χ2n) is 4.47. The molecule has 1 fully saturated rings. The maximum absolute atomic E-state index is 6.05. The molecule has 0 amide bonds. The van der Waals surface area contributed by atoms with Crippen LogP contribution in [0.5, 0.6) is 0 Å². The Morgan fingerprint density at radius 3 is 2.65 bits per heavy atom. The van der Waals surface area contributed by atoms with Crippen molar-refractivity contribution in [3.05, 3.63) is 34.8 Å². The van der Waals surface area contributed by atoms with E-state index in [0.29, 0.717) is 11.1 Å². The number of nitrogens with zero attached hydrogens (tertiary/aromatic N) is 4. The topological polar surface area (TPSA) is 43.6 Å². The van der Waals surface area contributed by atoms with Crippen LogP contribution in [0.4, 0.5) is 0 Å². The number of rotatable bonds is 2. The Kier molecular flexibility index (Phi) is 2.40. The summed E-state index contributed by atoms with van der Waals surface area (Å²) < 4.78 is 1.95. The molecule has 0 N–H and O–H groups in total. The molecule has 0 radical (unpaired) electrons. The first kappa shape index (κ1) is 10.7. The van der Waals surface area contributed by atoms with Crippen LogP contribution >= 0.6 is 11.6 Å². The van der Waals surface area contributed by atoms with Crippen LogP contribution in [0.25, 0.3) is 5.82 Å². The van der Waals surface area contributed by atoms with E-state index in [4.69, 9.17) is 11.6 Å². The van der Waals surface area contributed by atoms with Gasteiger partial charge in [0.15, 0.2) is 0 Å². The second kappa shape index (κ2) is 3.81. The summed E-state index contributed by atoms with van der Waals surface area (Å²) in [7, 11) is 0. The molecule has 2 aromatic heterocycles. The van der Waals surface area contributed by atoms with E-state index in [1.54, 1.807) is 12.4 Å². The Balaban J connectivity index is 2.10. The maximum Gasteiger partial charge on any atom is 0.143 e. The first-order chi connectivity index (χ1) is 8.15. The Labute approximate surface area is 105 Å². The molecule has 1 saturated carbocycles. The summed E-state index contributed by atoms with van der Waals surface area (Å²) in [5.74, 6) is 2.17. The largest absolute Gasteiger partial charge is 0.287 e. The van der Waals surface area contributed by atoms with Crippen LogP contribution < -0.4 is 0 Å². The minimum atomic E-state index is 0.498. The highest BCUT2D eigenvalue weighted by Gasteiger charge is 2.27. The molecule has 0 aliphatic heterocycles. The molecule has 0 aromatic carbocycles. The summed E-state index contributed by atoms with van der Waals surface area (Å²) in [6, 6.07) is 1.78. The van der Waals surface area contributed by atoms with Gasteiger partial charge in [0.25, 0.3) is 0 Å². The molecule has 2 aromatic rings. The molecule has 1 aliphatic rings. The fourth-order valence-electron chi connectivity index (χ4n) is 1.80. The summed E-state index contributed by atoms with van der Waals surface area (Å²) in [5.41, 5.74) is 2.09. The zero-order valence-electron chi connectivity index (χ0n) is 9.81. The van der Waals surface area contributed by atoms with Gasteiger partial charge in [-0.05, 0) is 26.7 Å². The molecule has 0 atom stereocenters. The van der Waals surface area contributed by atoms with Crippen LogP contribution in [-0.2, 0) is 0 Å². The Bertz CT molecular complexity index is 572. The average molecular weight is 249 g/mol. The zero-order valence-corrected chi connectivity index (χ0v) is 10.6. The van der Waals surface area contributed by atoms with Crippen LogP contribution in [0, 0.1) is 13.8 Å². The highest BCUT2D eigenvalue weighted by Crippen LogP contribution is 2.38. The minimum absolute atomic E-state index is 0.498. The second-order valence-corrected chi connectivity index (χ2v) is 4.85. The van der Waals surface area contributed by atoms with Gasteiger partial charge in [-0.2, -0.15) is 0 Å². The van der Waals surface area contributed by atoms with E-state index in [9.17, 15) is 0 Å². The van der Waals surface area contributed by atoms with Gasteiger partial charge >= 0.3 is 0 Å². The molecule has 17 heavy (non-hydrogen) atoms. The molecule has 0 unspecified atom stereocenters. The summed E-state index contributed by atoms with van der Waals surface area (Å²) in [5, 5.41) is 0.502. The predicted molar refractivity (Wildman–Crippen MR) is 65.6 cm³/mol. The SMILES string of the molecule is Cc1ncn(-c2cc(Cl)nc(C3CC3)n2)c1C. The van der Waals surface area contributed by atoms with Crippen molar-refractivity contribution >= 4 is 11.6 Å². The summed E-state index contributed by atoms with van der Waals surface area (Å²) in [4.78, 5) is 13.1. The van der Waals surface area contributed by atoms with Crippen LogP contribution in [-0.4, -0.2) is 19.5 Å². The highest BCUT2D eigenvalue weighted by molar-refractivity contribution is 6.29. The number of hydrogen-bond acceptors (Lipinski definition) is 3. The van der Waals surface area contributed by atoms with Crippen molar-refractivity contribution in [2.75, 3.05) is 0 Å². The molecule has 4 nitrogen and oxygen atoms in total. The van der Waals surface area contributed by atoms with Gasteiger partial charge in [-0.25, -0.2) is 15.0 Å². The fraction of sp³-hybridized carbons (Fsp3) is 0.417. The number of aryl methyl sites for hydroxylation is 1. The average Bonchev–Trinajstić information content (AvgIpc) is 3.07. The minimum Gasteiger partial charge on any atom is -0.287 e. The fourth-order valence-corrected chi connectivity index (χ4v) is 1.98. The number of imidazole rings is 1. The molecular weight excluding hydrogens is 236 g/mol. The number of hydrogen-bond donors (Lipinski definition) is 0. The predicted octanol–water partition coefficient (Wildman–Crippen LogP) is 2.81. The van der Waals surface area contributed by atoms with Gasteiger partial charge in [-0.15, -0.1) is 0 Å². The third kappa shape index (κ3) is 1.93. The Hall–Kier alpha value is -1.42. The summed E-state index contributed by atoms with van der Waals surface area (Å²) in [6.45, 7) is 4.01. The smallest absolute Gasteiger partial charge is 0.143 e. The first-order valence-corrected chi connectivity index (χ1v) is 6.08. The van der Waals surface area contributed by atoms with E-state index in [1.165, 1.54) is 12.8 Å². The third-order valence-electron chi connectivity index (χ3n) is 3.14. The van der Waals surface area contributed by atoms with E-state index in [2.05, 4.69) is 15.0 Å². The van der Waals surface area contributed by atoms with Crippen molar-refractivity contribution in [2.45, 2.75) is 32.6 Å².